The molecule has 1 aromatic rings. The van der Waals surface area contributed by atoms with E-state index < -0.39 is 5.60 Å². The van der Waals surface area contributed by atoms with Gasteiger partial charge in [0.15, 0.2) is 0 Å². The van der Waals surface area contributed by atoms with Crippen molar-refractivity contribution in [2.24, 2.45) is 0 Å². The van der Waals surface area contributed by atoms with Crippen LogP contribution in [0.3, 0.4) is 0 Å². The van der Waals surface area contributed by atoms with Crippen LogP contribution >= 0.6 is 0 Å². The molecular formula is C20H30N4O. The molecule has 0 aliphatic carbocycles. The van der Waals surface area contributed by atoms with Crippen LogP contribution in [0, 0.1) is 0 Å². The number of aromatic nitrogens is 2. The molecule has 0 bridgehead atoms. The summed E-state index contributed by atoms with van der Waals surface area (Å²) in [5.74, 6) is 0.846. The van der Waals surface area contributed by atoms with Gasteiger partial charge in [0.2, 0.25) is 5.95 Å². The molecule has 5 nitrogen and oxygen atoms in total. The molecule has 0 aromatic carbocycles. The molecule has 2 aliphatic rings. The van der Waals surface area contributed by atoms with Crippen LogP contribution in [-0.4, -0.2) is 51.3 Å². The largest absolute Gasteiger partial charge is 0.388 e. The second kappa shape index (κ2) is 8.11. The molecule has 3 rings (SSSR count). The van der Waals surface area contributed by atoms with E-state index in [2.05, 4.69) is 27.9 Å². The molecule has 3 heterocycles. The highest BCUT2D eigenvalue weighted by Crippen LogP contribution is 2.33. The Bertz CT molecular complexity index is 587. The average Bonchev–Trinajstić information content (AvgIpc) is 3.27. The lowest BCUT2D eigenvalue weighted by atomic mass is 9.85. The second-order valence-electron chi connectivity index (χ2n) is 7.26. The predicted molar refractivity (Wildman–Crippen MR) is 101 cm³/mol. The third-order valence-corrected chi connectivity index (χ3v) is 5.43. The van der Waals surface area contributed by atoms with Crippen LogP contribution in [0.25, 0.3) is 0 Å². The van der Waals surface area contributed by atoms with Gasteiger partial charge in [0.1, 0.15) is 0 Å². The first kappa shape index (κ1) is 18.1. The van der Waals surface area contributed by atoms with E-state index in [1.165, 1.54) is 12.8 Å². The van der Waals surface area contributed by atoms with Crippen molar-refractivity contribution in [1.29, 1.82) is 0 Å². The number of rotatable bonds is 8. The summed E-state index contributed by atoms with van der Waals surface area (Å²) in [5, 5.41) is 11.2. The van der Waals surface area contributed by atoms with Crippen molar-refractivity contribution in [2.75, 3.05) is 24.5 Å². The zero-order chi connectivity index (χ0) is 17.7. The fourth-order valence-corrected chi connectivity index (χ4v) is 4.23. The predicted octanol–water partition coefficient (Wildman–Crippen LogP) is 2.92. The molecule has 5 heteroatoms. The van der Waals surface area contributed by atoms with E-state index in [4.69, 9.17) is 4.98 Å². The van der Waals surface area contributed by atoms with E-state index in [-0.39, 0.29) is 6.04 Å². The van der Waals surface area contributed by atoms with Crippen molar-refractivity contribution in [3.05, 3.63) is 43.3 Å². The van der Waals surface area contributed by atoms with E-state index in [0.717, 1.165) is 50.7 Å². The van der Waals surface area contributed by atoms with Crippen LogP contribution in [0.1, 0.15) is 44.2 Å². The third-order valence-electron chi connectivity index (χ3n) is 5.43. The molecule has 0 amide bonds. The van der Waals surface area contributed by atoms with E-state index in [1.54, 1.807) is 0 Å². The highest BCUT2D eigenvalue weighted by molar-refractivity contribution is 5.31. The summed E-state index contributed by atoms with van der Waals surface area (Å²) in [6.07, 6.45) is 11.2. The van der Waals surface area contributed by atoms with Crippen molar-refractivity contribution < 1.29 is 5.11 Å². The maximum Gasteiger partial charge on any atom is 0.225 e. The van der Waals surface area contributed by atoms with Gasteiger partial charge in [0, 0.05) is 31.9 Å². The zero-order valence-electron chi connectivity index (χ0n) is 15.1. The number of anilines is 1. The van der Waals surface area contributed by atoms with Gasteiger partial charge in [-0.25, -0.2) is 9.97 Å². The monoisotopic (exact) mass is 342 g/mol. The first-order valence-corrected chi connectivity index (χ1v) is 9.41. The molecule has 2 aliphatic heterocycles. The van der Waals surface area contributed by atoms with Gasteiger partial charge < -0.3 is 10.0 Å². The number of nitrogens with zero attached hydrogens (tertiary/aromatic N) is 4. The normalized spacial score (nSPS) is 21.6. The van der Waals surface area contributed by atoms with Gasteiger partial charge in [0.25, 0.3) is 0 Å². The van der Waals surface area contributed by atoms with Crippen molar-refractivity contribution >= 4 is 5.95 Å². The lowest BCUT2D eigenvalue weighted by Gasteiger charge is -2.38. The molecule has 0 saturated carbocycles. The highest BCUT2D eigenvalue weighted by Gasteiger charge is 2.41. The fourth-order valence-electron chi connectivity index (χ4n) is 4.23. The van der Waals surface area contributed by atoms with Gasteiger partial charge in [-0.3, -0.25) is 4.90 Å². The van der Waals surface area contributed by atoms with Gasteiger partial charge in [-0.15, -0.1) is 13.2 Å². The van der Waals surface area contributed by atoms with Gasteiger partial charge in [-0.05, 0) is 51.1 Å². The minimum atomic E-state index is -0.787. The number of aliphatic hydroxyl groups is 1. The Balaban J connectivity index is 1.73. The van der Waals surface area contributed by atoms with Gasteiger partial charge in [-0.2, -0.15) is 0 Å². The average molecular weight is 342 g/mol. The molecule has 1 N–H and O–H groups in total. The summed E-state index contributed by atoms with van der Waals surface area (Å²) in [6.45, 7) is 11.5. The standard InChI is InChI=1S/C20H30N4O/c1-3-10-20(25,11-4-2)18-8-7-15-24(18)16-17-9-12-21-19(22-17)23-13-5-6-14-23/h3-4,9,12,18,25H,1-2,5-8,10-11,13-16H2. The summed E-state index contributed by atoms with van der Waals surface area (Å²) in [5.41, 5.74) is 0.244. The molecule has 0 radical (unpaired) electrons. The third kappa shape index (κ3) is 4.10. The smallest absolute Gasteiger partial charge is 0.225 e. The SMILES string of the molecule is C=CCC(O)(CC=C)C1CCCN1Cc1ccnc(N2CCCC2)n1. The lowest BCUT2D eigenvalue weighted by Crippen LogP contribution is -2.49. The first-order valence-electron chi connectivity index (χ1n) is 9.41. The molecule has 2 fully saturated rings. The number of likely N-dealkylation sites (tertiary alicyclic amines) is 1. The summed E-state index contributed by atoms with van der Waals surface area (Å²) >= 11 is 0. The molecule has 0 spiro atoms. The van der Waals surface area contributed by atoms with Gasteiger partial charge in [0.05, 0.1) is 11.3 Å². The van der Waals surface area contributed by atoms with E-state index in [9.17, 15) is 5.11 Å². The number of hydrogen-bond donors (Lipinski definition) is 1. The Morgan fingerprint density at radius 3 is 2.56 bits per heavy atom. The lowest BCUT2D eigenvalue weighted by molar-refractivity contribution is -0.0314. The molecule has 2 saturated heterocycles. The maximum atomic E-state index is 11.2. The van der Waals surface area contributed by atoms with Crippen molar-refractivity contribution in [1.82, 2.24) is 14.9 Å². The minimum Gasteiger partial charge on any atom is -0.388 e. The van der Waals surface area contributed by atoms with Gasteiger partial charge in [-0.1, -0.05) is 12.2 Å². The fraction of sp³-hybridized carbons (Fsp3) is 0.600. The van der Waals surface area contributed by atoms with Crippen LogP contribution in [0.15, 0.2) is 37.6 Å². The van der Waals surface area contributed by atoms with Crippen LogP contribution in [-0.2, 0) is 6.54 Å². The molecular weight excluding hydrogens is 312 g/mol. The Morgan fingerprint density at radius 2 is 1.88 bits per heavy atom. The van der Waals surface area contributed by atoms with E-state index >= 15 is 0 Å². The Labute approximate surface area is 151 Å². The summed E-state index contributed by atoms with van der Waals surface area (Å²) in [6, 6.07) is 2.11. The van der Waals surface area contributed by atoms with Crippen molar-refractivity contribution in [3.63, 3.8) is 0 Å². The van der Waals surface area contributed by atoms with E-state index in [0.29, 0.717) is 12.8 Å². The Kier molecular flexibility index (Phi) is 5.86. The highest BCUT2D eigenvalue weighted by atomic mass is 16.3. The Morgan fingerprint density at radius 1 is 1.16 bits per heavy atom. The number of hydrogen-bond acceptors (Lipinski definition) is 5. The van der Waals surface area contributed by atoms with Crippen molar-refractivity contribution in [2.45, 2.75) is 56.7 Å². The summed E-state index contributed by atoms with van der Waals surface area (Å²) in [7, 11) is 0. The van der Waals surface area contributed by atoms with Crippen LogP contribution in [0.5, 0.6) is 0 Å². The van der Waals surface area contributed by atoms with Crippen LogP contribution in [0.4, 0.5) is 5.95 Å². The second-order valence-corrected chi connectivity index (χ2v) is 7.26. The van der Waals surface area contributed by atoms with E-state index in [1.807, 2.05) is 24.4 Å². The topological polar surface area (TPSA) is 52.5 Å². The Hall–Kier alpha value is -1.72. The summed E-state index contributed by atoms with van der Waals surface area (Å²) in [4.78, 5) is 13.8. The molecule has 25 heavy (non-hydrogen) atoms. The molecule has 1 unspecified atom stereocenters. The molecule has 136 valence electrons. The minimum absolute atomic E-state index is 0.119. The molecule has 1 atom stereocenters. The van der Waals surface area contributed by atoms with Crippen LogP contribution in [0.2, 0.25) is 0 Å². The summed E-state index contributed by atoms with van der Waals surface area (Å²) < 4.78 is 0. The zero-order valence-corrected chi connectivity index (χ0v) is 15.1. The molecule has 1 aromatic heterocycles. The quantitative estimate of drug-likeness (QED) is 0.736. The first-order chi connectivity index (χ1) is 12.2. The van der Waals surface area contributed by atoms with Gasteiger partial charge >= 0.3 is 0 Å². The van der Waals surface area contributed by atoms with Crippen molar-refractivity contribution in [3.8, 4) is 0 Å². The van der Waals surface area contributed by atoms with Crippen LogP contribution < -0.4 is 4.90 Å². The maximum absolute atomic E-state index is 11.2.